The topological polar surface area (TPSA) is 62.4 Å². The smallest absolute Gasteiger partial charge is 0.205 e. The van der Waals surface area contributed by atoms with Gasteiger partial charge in [0, 0.05) is 12.6 Å². The van der Waals surface area contributed by atoms with E-state index in [0.29, 0.717) is 6.04 Å². The van der Waals surface area contributed by atoms with E-state index in [2.05, 4.69) is 15.7 Å². The minimum Gasteiger partial charge on any atom is -0.353 e. The molecule has 2 fully saturated rings. The number of hydrazine groups is 1. The molecule has 0 aromatic heterocycles. The molecule has 98 valence electrons. The van der Waals surface area contributed by atoms with Gasteiger partial charge in [-0.1, -0.05) is 38.5 Å². The molecule has 2 aliphatic rings. The molecule has 0 spiro atoms. The molecule has 0 aromatic rings. The Morgan fingerprint density at radius 3 is 2.35 bits per heavy atom. The quantitative estimate of drug-likeness (QED) is 0.303. The van der Waals surface area contributed by atoms with Gasteiger partial charge in [0.25, 0.3) is 0 Å². The third-order valence-corrected chi connectivity index (χ3v) is 4.11. The normalized spacial score (nSPS) is 23.2. The van der Waals surface area contributed by atoms with Gasteiger partial charge in [0.2, 0.25) is 5.96 Å². The van der Waals surface area contributed by atoms with Gasteiger partial charge in [0.15, 0.2) is 0 Å². The lowest BCUT2D eigenvalue weighted by Crippen LogP contribution is -2.45. The standard InChI is InChI=1S/C13H26N4/c14-17-13(16-12-7-3-4-8-12)15-10-9-11-5-1-2-6-11/h11-12H,1-10,14H2,(H2,15,16,17). The molecule has 2 aliphatic carbocycles. The van der Waals surface area contributed by atoms with Crippen molar-refractivity contribution in [1.29, 1.82) is 0 Å². The number of guanidine groups is 1. The van der Waals surface area contributed by atoms with Crippen LogP contribution in [0.3, 0.4) is 0 Å². The molecule has 0 amide bonds. The van der Waals surface area contributed by atoms with Crippen LogP contribution in [0.5, 0.6) is 0 Å². The second kappa shape index (κ2) is 6.84. The molecule has 2 saturated carbocycles. The van der Waals surface area contributed by atoms with Crippen molar-refractivity contribution in [1.82, 2.24) is 10.7 Å². The van der Waals surface area contributed by atoms with Gasteiger partial charge in [-0.25, -0.2) is 5.84 Å². The van der Waals surface area contributed by atoms with Crippen molar-refractivity contribution in [2.45, 2.75) is 63.8 Å². The SMILES string of the molecule is NNC(=NCCC1CCCC1)NC1CCCC1. The highest BCUT2D eigenvalue weighted by molar-refractivity contribution is 5.79. The summed E-state index contributed by atoms with van der Waals surface area (Å²) in [7, 11) is 0. The van der Waals surface area contributed by atoms with E-state index in [9.17, 15) is 0 Å². The predicted molar refractivity (Wildman–Crippen MR) is 71.6 cm³/mol. The highest BCUT2D eigenvalue weighted by Gasteiger charge is 2.16. The lowest BCUT2D eigenvalue weighted by molar-refractivity contribution is 0.510. The summed E-state index contributed by atoms with van der Waals surface area (Å²) in [6, 6.07) is 0.580. The molecule has 0 aliphatic heterocycles. The van der Waals surface area contributed by atoms with Gasteiger partial charge in [0.1, 0.15) is 0 Å². The third kappa shape index (κ3) is 4.19. The molecular formula is C13H26N4. The molecule has 0 unspecified atom stereocenters. The van der Waals surface area contributed by atoms with Crippen molar-refractivity contribution in [2.24, 2.45) is 16.8 Å². The number of rotatable bonds is 4. The summed E-state index contributed by atoms with van der Waals surface area (Å²) in [5.74, 6) is 7.20. The van der Waals surface area contributed by atoms with Crippen LogP contribution in [0, 0.1) is 5.92 Å². The number of nitrogens with zero attached hydrogens (tertiary/aromatic N) is 1. The first-order valence-corrected chi connectivity index (χ1v) is 7.16. The van der Waals surface area contributed by atoms with Crippen molar-refractivity contribution < 1.29 is 0 Å². The van der Waals surface area contributed by atoms with Gasteiger partial charge in [0.05, 0.1) is 0 Å². The molecule has 2 rings (SSSR count). The van der Waals surface area contributed by atoms with E-state index < -0.39 is 0 Å². The first kappa shape index (κ1) is 12.7. The minimum absolute atomic E-state index is 0.580. The number of hydrogen-bond acceptors (Lipinski definition) is 2. The zero-order chi connectivity index (χ0) is 11.9. The minimum atomic E-state index is 0.580. The van der Waals surface area contributed by atoms with Crippen LogP contribution >= 0.6 is 0 Å². The van der Waals surface area contributed by atoms with Gasteiger partial charge in [-0.05, 0) is 25.2 Å². The van der Waals surface area contributed by atoms with Crippen LogP contribution < -0.4 is 16.6 Å². The Balaban J connectivity index is 1.68. The molecule has 0 bridgehead atoms. The van der Waals surface area contributed by atoms with Crippen LogP contribution in [0.25, 0.3) is 0 Å². The average Bonchev–Trinajstić information content (AvgIpc) is 3.00. The van der Waals surface area contributed by atoms with Gasteiger partial charge < -0.3 is 5.32 Å². The van der Waals surface area contributed by atoms with Crippen molar-refractivity contribution in [3.63, 3.8) is 0 Å². The Morgan fingerprint density at radius 2 is 1.71 bits per heavy atom. The molecule has 0 heterocycles. The Morgan fingerprint density at radius 1 is 1.06 bits per heavy atom. The highest BCUT2D eigenvalue weighted by Crippen LogP contribution is 2.27. The Kier molecular flexibility index (Phi) is 5.10. The third-order valence-electron chi connectivity index (χ3n) is 4.11. The molecule has 0 radical (unpaired) electrons. The van der Waals surface area contributed by atoms with E-state index in [0.717, 1.165) is 18.4 Å². The van der Waals surface area contributed by atoms with Crippen LogP contribution in [0.1, 0.15) is 57.8 Å². The first-order valence-electron chi connectivity index (χ1n) is 7.16. The van der Waals surface area contributed by atoms with Gasteiger partial charge in [-0.2, -0.15) is 0 Å². The lowest BCUT2D eigenvalue weighted by Gasteiger charge is -2.15. The Labute approximate surface area is 104 Å². The Bertz CT molecular complexity index is 240. The maximum atomic E-state index is 5.50. The van der Waals surface area contributed by atoms with Gasteiger partial charge >= 0.3 is 0 Å². The summed E-state index contributed by atoms with van der Waals surface area (Å²) in [4.78, 5) is 4.54. The first-order chi connectivity index (χ1) is 8.38. The van der Waals surface area contributed by atoms with Crippen molar-refractivity contribution in [3.8, 4) is 0 Å². The van der Waals surface area contributed by atoms with Crippen LogP contribution in [-0.4, -0.2) is 18.5 Å². The van der Waals surface area contributed by atoms with Gasteiger partial charge in [-0.15, -0.1) is 0 Å². The number of hydrogen-bond donors (Lipinski definition) is 3. The molecule has 0 atom stereocenters. The maximum absolute atomic E-state index is 5.50. The molecule has 4 N–H and O–H groups in total. The Hall–Kier alpha value is -0.770. The van der Waals surface area contributed by atoms with Crippen LogP contribution in [0.2, 0.25) is 0 Å². The molecule has 0 saturated heterocycles. The summed E-state index contributed by atoms with van der Waals surface area (Å²) < 4.78 is 0. The van der Waals surface area contributed by atoms with E-state index in [1.54, 1.807) is 0 Å². The largest absolute Gasteiger partial charge is 0.353 e. The molecular weight excluding hydrogens is 212 g/mol. The molecule has 0 aromatic carbocycles. The molecule has 4 nitrogen and oxygen atoms in total. The van der Waals surface area contributed by atoms with Crippen LogP contribution in [0.15, 0.2) is 4.99 Å². The zero-order valence-corrected chi connectivity index (χ0v) is 10.8. The monoisotopic (exact) mass is 238 g/mol. The fourth-order valence-corrected chi connectivity index (χ4v) is 3.05. The number of nitrogens with one attached hydrogen (secondary N) is 2. The van der Waals surface area contributed by atoms with Crippen molar-refractivity contribution in [3.05, 3.63) is 0 Å². The van der Waals surface area contributed by atoms with Gasteiger partial charge in [-0.3, -0.25) is 10.4 Å². The maximum Gasteiger partial charge on any atom is 0.205 e. The van der Waals surface area contributed by atoms with Crippen molar-refractivity contribution >= 4 is 5.96 Å². The highest BCUT2D eigenvalue weighted by atomic mass is 15.3. The van der Waals surface area contributed by atoms with Crippen molar-refractivity contribution in [2.75, 3.05) is 6.54 Å². The van der Waals surface area contributed by atoms with E-state index in [1.807, 2.05) is 0 Å². The van der Waals surface area contributed by atoms with E-state index in [-0.39, 0.29) is 0 Å². The summed E-state index contributed by atoms with van der Waals surface area (Å²) >= 11 is 0. The fraction of sp³-hybridized carbons (Fsp3) is 0.923. The summed E-state index contributed by atoms with van der Waals surface area (Å²) in [6.45, 7) is 0.907. The number of nitrogens with two attached hydrogens (primary N) is 1. The zero-order valence-electron chi connectivity index (χ0n) is 10.8. The summed E-state index contributed by atoms with van der Waals surface area (Å²) in [6.07, 6.45) is 12.0. The molecule has 17 heavy (non-hydrogen) atoms. The lowest BCUT2D eigenvalue weighted by atomic mass is 10.0. The van der Waals surface area contributed by atoms with E-state index in [1.165, 1.54) is 57.8 Å². The van der Waals surface area contributed by atoms with Crippen LogP contribution in [-0.2, 0) is 0 Å². The van der Waals surface area contributed by atoms with Crippen LogP contribution in [0.4, 0.5) is 0 Å². The second-order valence-electron chi connectivity index (χ2n) is 5.44. The fourth-order valence-electron chi connectivity index (χ4n) is 3.05. The van der Waals surface area contributed by atoms with E-state index >= 15 is 0 Å². The average molecular weight is 238 g/mol. The number of aliphatic imine (C=N–C) groups is 1. The second-order valence-corrected chi connectivity index (χ2v) is 5.44. The predicted octanol–water partition coefficient (Wildman–Crippen LogP) is 1.92. The van der Waals surface area contributed by atoms with E-state index in [4.69, 9.17) is 5.84 Å². The summed E-state index contributed by atoms with van der Waals surface area (Å²) in [5, 5.41) is 3.40. The summed E-state index contributed by atoms with van der Waals surface area (Å²) in [5.41, 5.74) is 2.69. The molecule has 4 heteroatoms.